The lowest BCUT2D eigenvalue weighted by atomic mass is 10.0. The van der Waals surface area contributed by atoms with Crippen LogP contribution in [0.3, 0.4) is 0 Å². The number of carbonyl (C=O) groups is 3. The lowest BCUT2D eigenvalue weighted by Crippen LogP contribution is -2.53. The fraction of sp³-hybridized carbons (Fsp3) is 0.800. The van der Waals surface area contributed by atoms with Crippen LogP contribution in [0.4, 0.5) is 18.0 Å². The second-order valence-electron chi connectivity index (χ2n) is 6.92. The molecule has 0 aliphatic heterocycles. The van der Waals surface area contributed by atoms with E-state index in [0.29, 0.717) is 0 Å². The smallest absolute Gasteiger partial charge is 0.444 e. The zero-order valence-electron chi connectivity index (χ0n) is 14.7. The highest BCUT2D eigenvalue weighted by Gasteiger charge is 2.42. The molecule has 0 aromatic heterocycles. The van der Waals surface area contributed by atoms with Crippen molar-refractivity contribution < 1.29 is 32.3 Å². The van der Waals surface area contributed by atoms with Crippen LogP contribution in [0.15, 0.2) is 0 Å². The molecule has 140 valence electrons. The van der Waals surface area contributed by atoms with Gasteiger partial charge < -0.3 is 15.4 Å². The van der Waals surface area contributed by atoms with Gasteiger partial charge in [0.25, 0.3) is 5.78 Å². The summed E-state index contributed by atoms with van der Waals surface area (Å²) in [7, 11) is 0. The Morgan fingerprint density at radius 3 is 1.88 bits per heavy atom. The Morgan fingerprint density at radius 2 is 1.50 bits per heavy atom. The number of halogens is 3. The van der Waals surface area contributed by atoms with Crippen LogP contribution in [0.5, 0.6) is 0 Å². The molecule has 0 fully saturated rings. The van der Waals surface area contributed by atoms with Crippen LogP contribution in [-0.4, -0.2) is 41.6 Å². The van der Waals surface area contributed by atoms with Crippen molar-refractivity contribution in [3.63, 3.8) is 0 Å². The Kier molecular flexibility index (Phi) is 7.72. The van der Waals surface area contributed by atoms with E-state index in [1.165, 1.54) is 0 Å². The second kappa shape index (κ2) is 8.34. The fourth-order valence-electron chi connectivity index (χ4n) is 1.78. The van der Waals surface area contributed by atoms with E-state index in [-0.39, 0.29) is 12.3 Å². The third-order valence-corrected chi connectivity index (χ3v) is 2.75. The number of Topliss-reactive ketones (excluding diaryl/α,β-unsaturated/α-hetero) is 1. The van der Waals surface area contributed by atoms with Gasteiger partial charge in [-0.15, -0.1) is 0 Å². The number of amides is 2. The van der Waals surface area contributed by atoms with Crippen LogP contribution in [0.1, 0.15) is 48.0 Å². The summed E-state index contributed by atoms with van der Waals surface area (Å²) in [5.74, 6) is -2.96. The van der Waals surface area contributed by atoms with E-state index < -0.39 is 41.6 Å². The SMILES string of the molecule is CC(C)C[C@H](NC(=O)OC(C)(C)C)C(=O)N[C@@H](C)C(=O)C(F)(F)F. The lowest BCUT2D eigenvalue weighted by molar-refractivity contribution is -0.173. The van der Waals surface area contributed by atoms with Gasteiger partial charge in [-0.3, -0.25) is 9.59 Å². The number of carbonyl (C=O) groups excluding carboxylic acids is 3. The molecule has 0 spiro atoms. The molecule has 9 heteroatoms. The van der Waals surface area contributed by atoms with Gasteiger partial charge in [0.2, 0.25) is 5.91 Å². The first-order valence-electron chi connectivity index (χ1n) is 7.54. The molecule has 0 heterocycles. The Labute approximate surface area is 139 Å². The van der Waals surface area contributed by atoms with Crippen molar-refractivity contribution in [3.8, 4) is 0 Å². The molecule has 0 saturated heterocycles. The number of hydrogen-bond donors (Lipinski definition) is 2. The summed E-state index contributed by atoms with van der Waals surface area (Å²) >= 11 is 0. The summed E-state index contributed by atoms with van der Waals surface area (Å²) in [6, 6.07) is -2.85. The topological polar surface area (TPSA) is 84.5 Å². The maximum atomic E-state index is 12.4. The highest BCUT2D eigenvalue weighted by atomic mass is 19.4. The minimum Gasteiger partial charge on any atom is -0.444 e. The minimum absolute atomic E-state index is 0.0238. The number of ether oxygens (including phenoxy) is 1. The largest absolute Gasteiger partial charge is 0.452 e. The zero-order chi connectivity index (χ0) is 19.3. The van der Waals surface area contributed by atoms with Crippen molar-refractivity contribution >= 4 is 17.8 Å². The summed E-state index contributed by atoms with van der Waals surface area (Å²) in [6.07, 6.45) is -5.73. The molecule has 0 radical (unpaired) electrons. The molecular weight excluding hydrogens is 329 g/mol. The molecule has 0 unspecified atom stereocenters. The van der Waals surface area contributed by atoms with E-state index in [4.69, 9.17) is 4.74 Å². The summed E-state index contributed by atoms with van der Waals surface area (Å²) < 4.78 is 42.1. The number of nitrogens with one attached hydrogen (secondary N) is 2. The van der Waals surface area contributed by atoms with Gasteiger partial charge in [-0.2, -0.15) is 13.2 Å². The predicted octanol–water partition coefficient (Wildman–Crippen LogP) is 2.56. The third-order valence-electron chi connectivity index (χ3n) is 2.75. The molecule has 2 N–H and O–H groups in total. The maximum Gasteiger partial charge on any atom is 0.452 e. The standard InChI is InChI=1S/C15H25F3N2O4/c1-8(2)7-10(20-13(23)24-14(4,5)6)12(22)19-9(3)11(21)15(16,17)18/h8-10H,7H2,1-6H3,(H,19,22)(H,20,23)/t9-,10-/m0/s1. The van der Waals surface area contributed by atoms with Gasteiger partial charge in [-0.05, 0) is 40.0 Å². The van der Waals surface area contributed by atoms with Gasteiger partial charge in [0.1, 0.15) is 11.6 Å². The monoisotopic (exact) mass is 354 g/mol. The summed E-state index contributed by atoms with van der Waals surface area (Å²) in [4.78, 5) is 35.0. The summed E-state index contributed by atoms with van der Waals surface area (Å²) in [6.45, 7) is 9.40. The van der Waals surface area contributed by atoms with Crippen LogP contribution >= 0.6 is 0 Å². The third kappa shape index (κ3) is 8.73. The van der Waals surface area contributed by atoms with Crippen molar-refractivity contribution in [3.05, 3.63) is 0 Å². The average molecular weight is 354 g/mol. The molecule has 2 atom stereocenters. The van der Waals surface area contributed by atoms with Crippen molar-refractivity contribution in [1.82, 2.24) is 10.6 Å². The normalized spacial score (nSPS) is 14.8. The van der Waals surface area contributed by atoms with E-state index >= 15 is 0 Å². The number of ketones is 1. The number of alkyl halides is 3. The zero-order valence-corrected chi connectivity index (χ0v) is 14.7. The first-order valence-corrected chi connectivity index (χ1v) is 7.54. The number of rotatable bonds is 6. The van der Waals surface area contributed by atoms with Gasteiger partial charge >= 0.3 is 12.3 Å². The quantitative estimate of drug-likeness (QED) is 0.768. The molecule has 0 aliphatic carbocycles. The van der Waals surface area contributed by atoms with E-state index in [1.54, 1.807) is 34.6 Å². The van der Waals surface area contributed by atoms with E-state index in [1.807, 2.05) is 5.32 Å². The van der Waals surface area contributed by atoms with Gasteiger partial charge in [0, 0.05) is 0 Å². The van der Waals surface area contributed by atoms with Crippen molar-refractivity contribution in [2.75, 3.05) is 0 Å². The van der Waals surface area contributed by atoms with Gasteiger partial charge in [0.05, 0.1) is 6.04 Å². The van der Waals surface area contributed by atoms with Crippen molar-refractivity contribution in [1.29, 1.82) is 0 Å². The van der Waals surface area contributed by atoms with E-state index in [2.05, 4.69) is 5.32 Å². The molecule has 0 bridgehead atoms. The highest BCUT2D eigenvalue weighted by molar-refractivity contribution is 5.94. The molecule has 0 saturated carbocycles. The first kappa shape index (κ1) is 22.2. The summed E-state index contributed by atoms with van der Waals surface area (Å²) in [5.41, 5.74) is -0.789. The van der Waals surface area contributed by atoms with Crippen LogP contribution < -0.4 is 10.6 Å². The maximum absolute atomic E-state index is 12.4. The van der Waals surface area contributed by atoms with Crippen LogP contribution in [0.2, 0.25) is 0 Å². The van der Waals surface area contributed by atoms with Crippen molar-refractivity contribution in [2.45, 2.75) is 71.8 Å². The Balaban J connectivity index is 4.95. The Morgan fingerprint density at radius 1 is 1.00 bits per heavy atom. The molecule has 6 nitrogen and oxygen atoms in total. The van der Waals surface area contributed by atoms with Crippen LogP contribution in [0.25, 0.3) is 0 Å². The van der Waals surface area contributed by atoms with Crippen LogP contribution in [-0.2, 0) is 14.3 Å². The molecule has 0 rings (SSSR count). The molecule has 2 amide bonds. The Bertz CT molecular complexity index is 470. The molecule has 24 heavy (non-hydrogen) atoms. The molecule has 0 aliphatic rings. The second-order valence-corrected chi connectivity index (χ2v) is 6.92. The van der Waals surface area contributed by atoms with Gasteiger partial charge in [-0.25, -0.2) is 4.79 Å². The molecule has 0 aromatic carbocycles. The summed E-state index contributed by atoms with van der Waals surface area (Å²) in [5, 5.41) is 4.30. The van der Waals surface area contributed by atoms with E-state index in [0.717, 1.165) is 6.92 Å². The number of hydrogen-bond acceptors (Lipinski definition) is 4. The predicted molar refractivity (Wildman–Crippen MR) is 81.3 cm³/mol. The average Bonchev–Trinajstić information content (AvgIpc) is 2.32. The van der Waals surface area contributed by atoms with Gasteiger partial charge in [-0.1, -0.05) is 13.8 Å². The van der Waals surface area contributed by atoms with E-state index in [9.17, 15) is 27.6 Å². The van der Waals surface area contributed by atoms with Crippen LogP contribution in [0, 0.1) is 5.92 Å². The molecular formula is C15H25F3N2O4. The first-order chi connectivity index (χ1) is 10.6. The van der Waals surface area contributed by atoms with Crippen molar-refractivity contribution in [2.24, 2.45) is 5.92 Å². The lowest BCUT2D eigenvalue weighted by Gasteiger charge is -2.25. The van der Waals surface area contributed by atoms with Gasteiger partial charge in [0.15, 0.2) is 0 Å². The Hall–Kier alpha value is -1.80. The fourth-order valence-corrected chi connectivity index (χ4v) is 1.78. The minimum atomic E-state index is -5.04. The highest BCUT2D eigenvalue weighted by Crippen LogP contribution is 2.18. The molecule has 0 aromatic rings. The number of alkyl carbamates (subject to hydrolysis) is 1.